The molecule has 0 bridgehead atoms. The first-order valence-corrected chi connectivity index (χ1v) is 5.99. The SMILES string of the molecule is Cc1cccc2nc(N)n(CC(=O)NC(C)C)c12. The number of carbonyl (C=O) groups excluding carboxylic acids is 1. The number of para-hydroxylation sites is 1. The van der Waals surface area contributed by atoms with Crippen LogP contribution in [0.15, 0.2) is 18.2 Å². The van der Waals surface area contributed by atoms with E-state index in [4.69, 9.17) is 5.73 Å². The lowest BCUT2D eigenvalue weighted by Gasteiger charge is -2.11. The largest absolute Gasteiger partial charge is 0.369 e. The van der Waals surface area contributed by atoms with Gasteiger partial charge in [0, 0.05) is 6.04 Å². The minimum absolute atomic E-state index is 0.0562. The predicted molar refractivity (Wildman–Crippen MR) is 72.2 cm³/mol. The summed E-state index contributed by atoms with van der Waals surface area (Å²) in [5.41, 5.74) is 8.69. The fourth-order valence-corrected chi connectivity index (χ4v) is 2.05. The van der Waals surface area contributed by atoms with E-state index < -0.39 is 0 Å². The maximum Gasteiger partial charge on any atom is 0.240 e. The lowest BCUT2D eigenvalue weighted by atomic mass is 10.2. The van der Waals surface area contributed by atoms with E-state index in [0.717, 1.165) is 16.6 Å². The van der Waals surface area contributed by atoms with Gasteiger partial charge in [0.2, 0.25) is 11.9 Å². The molecule has 0 radical (unpaired) electrons. The molecule has 0 saturated carbocycles. The molecule has 5 heteroatoms. The Bertz CT molecular complexity index is 586. The number of aromatic nitrogens is 2. The van der Waals surface area contributed by atoms with E-state index in [9.17, 15) is 4.79 Å². The second-order valence-electron chi connectivity index (χ2n) is 4.72. The molecule has 1 heterocycles. The molecule has 0 aliphatic carbocycles. The van der Waals surface area contributed by atoms with Crippen LogP contribution in [0.25, 0.3) is 11.0 Å². The number of fused-ring (bicyclic) bond motifs is 1. The number of carbonyl (C=O) groups is 1. The molecule has 96 valence electrons. The van der Waals surface area contributed by atoms with Crippen LogP contribution in [0.4, 0.5) is 5.95 Å². The fraction of sp³-hybridized carbons (Fsp3) is 0.385. The molecule has 0 atom stereocenters. The molecule has 2 aromatic rings. The lowest BCUT2D eigenvalue weighted by molar-refractivity contribution is -0.122. The Morgan fingerprint density at radius 3 is 2.89 bits per heavy atom. The first-order chi connectivity index (χ1) is 8.49. The number of hydrogen-bond acceptors (Lipinski definition) is 3. The van der Waals surface area contributed by atoms with Crippen molar-refractivity contribution in [2.24, 2.45) is 0 Å². The van der Waals surface area contributed by atoms with Gasteiger partial charge >= 0.3 is 0 Å². The summed E-state index contributed by atoms with van der Waals surface area (Å²) in [4.78, 5) is 16.1. The van der Waals surface area contributed by atoms with Crippen LogP contribution in [0.3, 0.4) is 0 Å². The Kier molecular flexibility index (Phi) is 3.23. The van der Waals surface area contributed by atoms with E-state index >= 15 is 0 Å². The second kappa shape index (κ2) is 4.68. The third kappa shape index (κ3) is 2.30. The molecular weight excluding hydrogens is 228 g/mol. The summed E-state index contributed by atoms with van der Waals surface area (Å²) in [6, 6.07) is 5.94. The van der Waals surface area contributed by atoms with Gasteiger partial charge in [-0.3, -0.25) is 4.79 Å². The van der Waals surface area contributed by atoms with Gasteiger partial charge in [0.25, 0.3) is 0 Å². The van der Waals surface area contributed by atoms with Crippen molar-refractivity contribution in [3.05, 3.63) is 23.8 Å². The molecule has 0 aliphatic heterocycles. The van der Waals surface area contributed by atoms with Gasteiger partial charge in [0.15, 0.2) is 0 Å². The van der Waals surface area contributed by atoms with Crippen molar-refractivity contribution in [3.8, 4) is 0 Å². The molecule has 5 nitrogen and oxygen atoms in total. The molecule has 0 spiro atoms. The Morgan fingerprint density at radius 1 is 1.50 bits per heavy atom. The number of imidazole rings is 1. The van der Waals surface area contributed by atoms with Crippen LogP contribution in [0.5, 0.6) is 0 Å². The number of benzene rings is 1. The summed E-state index contributed by atoms with van der Waals surface area (Å²) < 4.78 is 1.75. The van der Waals surface area contributed by atoms with E-state index in [1.54, 1.807) is 4.57 Å². The zero-order valence-corrected chi connectivity index (χ0v) is 10.9. The van der Waals surface area contributed by atoms with Crippen molar-refractivity contribution in [2.75, 3.05) is 5.73 Å². The van der Waals surface area contributed by atoms with Crippen LogP contribution in [-0.2, 0) is 11.3 Å². The second-order valence-corrected chi connectivity index (χ2v) is 4.72. The van der Waals surface area contributed by atoms with Crippen LogP contribution in [0.1, 0.15) is 19.4 Å². The number of nitrogens with zero attached hydrogens (tertiary/aromatic N) is 2. The normalized spacial score (nSPS) is 11.1. The lowest BCUT2D eigenvalue weighted by Crippen LogP contribution is -2.33. The number of hydrogen-bond donors (Lipinski definition) is 2. The topological polar surface area (TPSA) is 72.9 Å². The van der Waals surface area contributed by atoms with Crippen LogP contribution in [0.2, 0.25) is 0 Å². The van der Waals surface area contributed by atoms with Crippen LogP contribution in [0, 0.1) is 6.92 Å². The summed E-state index contributed by atoms with van der Waals surface area (Å²) in [5.74, 6) is 0.317. The predicted octanol–water partition coefficient (Wildman–Crippen LogP) is 1.45. The van der Waals surface area contributed by atoms with Crippen molar-refractivity contribution in [3.63, 3.8) is 0 Å². The van der Waals surface area contributed by atoms with E-state index in [0.29, 0.717) is 5.95 Å². The summed E-state index contributed by atoms with van der Waals surface area (Å²) in [5, 5.41) is 2.85. The van der Waals surface area contributed by atoms with Crippen molar-refractivity contribution in [1.82, 2.24) is 14.9 Å². The number of nitrogens with one attached hydrogen (secondary N) is 1. The minimum atomic E-state index is -0.0562. The summed E-state index contributed by atoms with van der Waals surface area (Å²) in [7, 11) is 0. The number of rotatable bonds is 3. The van der Waals surface area contributed by atoms with E-state index in [1.165, 1.54) is 0 Å². The van der Waals surface area contributed by atoms with E-state index in [2.05, 4.69) is 10.3 Å². The van der Waals surface area contributed by atoms with Gasteiger partial charge in [-0.15, -0.1) is 0 Å². The fourth-order valence-electron chi connectivity index (χ4n) is 2.05. The van der Waals surface area contributed by atoms with Crippen LogP contribution < -0.4 is 11.1 Å². The Labute approximate surface area is 106 Å². The average Bonchev–Trinajstić information content (AvgIpc) is 2.55. The summed E-state index contributed by atoms with van der Waals surface area (Å²) >= 11 is 0. The number of anilines is 1. The molecule has 0 aliphatic rings. The minimum Gasteiger partial charge on any atom is -0.369 e. The zero-order valence-electron chi connectivity index (χ0n) is 10.9. The monoisotopic (exact) mass is 246 g/mol. The molecular formula is C13H18N4O. The Morgan fingerprint density at radius 2 is 2.22 bits per heavy atom. The highest BCUT2D eigenvalue weighted by molar-refractivity contribution is 5.84. The third-order valence-corrected chi connectivity index (χ3v) is 2.75. The average molecular weight is 246 g/mol. The highest BCUT2D eigenvalue weighted by Crippen LogP contribution is 2.21. The van der Waals surface area contributed by atoms with Gasteiger partial charge in [-0.25, -0.2) is 4.98 Å². The van der Waals surface area contributed by atoms with E-state index in [1.807, 2.05) is 39.0 Å². The molecule has 0 fully saturated rings. The molecule has 1 amide bonds. The molecule has 18 heavy (non-hydrogen) atoms. The molecule has 0 unspecified atom stereocenters. The Balaban J connectivity index is 2.38. The van der Waals surface area contributed by atoms with Crippen molar-refractivity contribution in [1.29, 1.82) is 0 Å². The smallest absolute Gasteiger partial charge is 0.240 e. The van der Waals surface area contributed by atoms with Crippen molar-refractivity contribution < 1.29 is 4.79 Å². The highest BCUT2D eigenvalue weighted by atomic mass is 16.2. The quantitative estimate of drug-likeness (QED) is 0.861. The van der Waals surface area contributed by atoms with Crippen molar-refractivity contribution >= 4 is 22.9 Å². The number of amides is 1. The summed E-state index contributed by atoms with van der Waals surface area (Å²) in [6.45, 7) is 6.04. The van der Waals surface area contributed by atoms with Gasteiger partial charge in [0.1, 0.15) is 6.54 Å². The highest BCUT2D eigenvalue weighted by Gasteiger charge is 2.13. The van der Waals surface area contributed by atoms with Crippen LogP contribution >= 0.6 is 0 Å². The molecule has 2 rings (SSSR count). The van der Waals surface area contributed by atoms with Crippen molar-refractivity contribution in [2.45, 2.75) is 33.4 Å². The van der Waals surface area contributed by atoms with Gasteiger partial charge in [-0.1, -0.05) is 12.1 Å². The number of aryl methyl sites for hydroxylation is 1. The number of nitrogen functional groups attached to an aromatic ring is 1. The number of nitrogens with two attached hydrogens (primary N) is 1. The van der Waals surface area contributed by atoms with Gasteiger partial charge in [-0.05, 0) is 32.4 Å². The van der Waals surface area contributed by atoms with E-state index in [-0.39, 0.29) is 18.5 Å². The zero-order chi connectivity index (χ0) is 13.3. The van der Waals surface area contributed by atoms with Gasteiger partial charge < -0.3 is 15.6 Å². The maximum atomic E-state index is 11.8. The van der Waals surface area contributed by atoms with Crippen LogP contribution in [-0.4, -0.2) is 21.5 Å². The molecule has 3 N–H and O–H groups in total. The third-order valence-electron chi connectivity index (χ3n) is 2.75. The standard InChI is InChI=1S/C13H18N4O/c1-8(2)15-11(18)7-17-12-9(3)5-4-6-10(12)16-13(17)14/h4-6,8H,7H2,1-3H3,(H2,14,16)(H,15,18). The Hall–Kier alpha value is -2.04. The molecule has 0 saturated heterocycles. The molecule has 1 aromatic carbocycles. The molecule has 1 aromatic heterocycles. The maximum absolute atomic E-state index is 11.8. The van der Waals surface area contributed by atoms with Gasteiger partial charge in [-0.2, -0.15) is 0 Å². The first-order valence-electron chi connectivity index (χ1n) is 5.99. The first kappa shape index (κ1) is 12.4. The summed E-state index contributed by atoms with van der Waals surface area (Å²) in [6.07, 6.45) is 0. The van der Waals surface area contributed by atoms with Gasteiger partial charge in [0.05, 0.1) is 11.0 Å².